The number of halogens is 2. The lowest BCUT2D eigenvalue weighted by Gasteiger charge is -2.33. The van der Waals surface area contributed by atoms with Crippen LogP contribution in [0.3, 0.4) is 0 Å². The van der Waals surface area contributed by atoms with Crippen molar-refractivity contribution in [2.45, 2.75) is 71.5 Å². The number of nitrogens with one attached hydrogen (secondary N) is 2. The third-order valence-corrected chi connectivity index (χ3v) is 7.81. The molecule has 1 fully saturated rings. The van der Waals surface area contributed by atoms with Crippen LogP contribution in [0.25, 0.3) is 22.0 Å². The Kier molecular flexibility index (Phi) is 8.21. The number of anilines is 1. The summed E-state index contributed by atoms with van der Waals surface area (Å²) in [6.45, 7) is 7.40. The van der Waals surface area contributed by atoms with Crippen molar-refractivity contribution >= 4 is 51.5 Å². The third kappa shape index (κ3) is 6.06. The predicted molar refractivity (Wildman–Crippen MR) is 154 cm³/mol. The highest BCUT2D eigenvalue weighted by Gasteiger charge is 2.30. The zero-order chi connectivity index (χ0) is 27.8. The number of fused-ring (bicyclic) bond motifs is 1. The van der Waals surface area contributed by atoms with Crippen molar-refractivity contribution < 1.29 is 14.7 Å². The molecule has 1 amide bonds. The molecule has 1 aliphatic carbocycles. The van der Waals surface area contributed by atoms with Gasteiger partial charge in [0.2, 0.25) is 5.91 Å². The number of hydrogen-bond donors (Lipinski definition) is 4. The van der Waals surface area contributed by atoms with Crippen molar-refractivity contribution in [3.63, 3.8) is 0 Å². The average Bonchev–Trinajstić information content (AvgIpc) is 2.86. The molecule has 4 rings (SSSR count). The minimum atomic E-state index is -0.563. The van der Waals surface area contributed by atoms with Crippen LogP contribution < -0.4 is 16.4 Å². The number of phenolic OH excluding ortho intramolecular Hbond substituents is 1. The number of Topliss-reactive ketones (excluding diaryl/α,β-unsaturated/α-hetero) is 1. The van der Waals surface area contributed by atoms with E-state index in [0.29, 0.717) is 5.56 Å². The molecule has 0 spiro atoms. The number of nitrogens with two attached hydrogens (primary N) is 1. The largest absolute Gasteiger partial charge is 0.505 e. The first-order valence-corrected chi connectivity index (χ1v) is 13.5. The molecule has 9 heteroatoms. The summed E-state index contributed by atoms with van der Waals surface area (Å²) in [5, 5.41) is 17.8. The molecule has 0 radical (unpaired) electrons. The number of carbonyl (C=O) groups excluding carboxylic acids is 2. The molecule has 1 heterocycles. The standard InChI is InChI=1S/C29H34Cl2N4O3/c1-15(36)21-14-33-24-10-5-16(17-12-22(30)26(37)23(31)13-17)11-20(24)25(21)34-18-6-8-19(9-7-18)35-28(38)27(32)29(2,3)4/h5,10-14,18-19,27,37H,6-9,32H2,1-4H3,(H,33,34)(H,35,38)/t18?,19?,27-/m1/s1. The van der Waals surface area contributed by atoms with Crippen molar-refractivity contribution in [1.29, 1.82) is 0 Å². The van der Waals surface area contributed by atoms with E-state index >= 15 is 0 Å². The number of amides is 1. The second-order valence-corrected chi connectivity index (χ2v) is 12.0. The van der Waals surface area contributed by atoms with Crippen LogP contribution in [0, 0.1) is 5.41 Å². The molecule has 2 aromatic carbocycles. The van der Waals surface area contributed by atoms with Crippen molar-refractivity contribution in [2.75, 3.05) is 5.32 Å². The Morgan fingerprint density at radius 3 is 2.21 bits per heavy atom. The molecule has 7 nitrogen and oxygen atoms in total. The summed E-state index contributed by atoms with van der Waals surface area (Å²) in [6, 6.07) is 8.69. The second-order valence-electron chi connectivity index (χ2n) is 11.2. The van der Waals surface area contributed by atoms with Crippen LogP contribution in [-0.2, 0) is 4.79 Å². The van der Waals surface area contributed by atoms with Crippen LogP contribution in [-0.4, -0.2) is 39.9 Å². The van der Waals surface area contributed by atoms with E-state index < -0.39 is 6.04 Å². The summed E-state index contributed by atoms with van der Waals surface area (Å²) in [5.41, 5.74) is 9.39. The van der Waals surface area contributed by atoms with Gasteiger partial charge in [0, 0.05) is 23.7 Å². The van der Waals surface area contributed by atoms with Gasteiger partial charge in [-0.05, 0) is 73.4 Å². The van der Waals surface area contributed by atoms with Gasteiger partial charge in [0.25, 0.3) is 0 Å². The lowest BCUT2D eigenvalue weighted by molar-refractivity contribution is -0.125. The summed E-state index contributed by atoms with van der Waals surface area (Å²) in [7, 11) is 0. The maximum Gasteiger partial charge on any atom is 0.237 e. The van der Waals surface area contributed by atoms with Gasteiger partial charge in [-0.15, -0.1) is 0 Å². The van der Waals surface area contributed by atoms with E-state index in [1.165, 1.54) is 6.92 Å². The number of pyridine rings is 1. The number of hydrogen-bond acceptors (Lipinski definition) is 6. The third-order valence-electron chi connectivity index (χ3n) is 7.23. The topological polar surface area (TPSA) is 117 Å². The zero-order valence-corrected chi connectivity index (χ0v) is 23.6. The summed E-state index contributed by atoms with van der Waals surface area (Å²) in [5.74, 6) is -0.358. The Labute approximate surface area is 233 Å². The highest BCUT2D eigenvalue weighted by molar-refractivity contribution is 6.37. The van der Waals surface area contributed by atoms with Gasteiger partial charge in [-0.2, -0.15) is 0 Å². The van der Waals surface area contributed by atoms with Gasteiger partial charge in [0.05, 0.1) is 32.9 Å². The van der Waals surface area contributed by atoms with Gasteiger partial charge in [-0.25, -0.2) is 0 Å². The number of ketones is 1. The first kappa shape index (κ1) is 28.1. The Hall–Kier alpha value is -2.87. The van der Waals surface area contributed by atoms with Gasteiger partial charge in [-0.1, -0.05) is 50.0 Å². The Morgan fingerprint density at radius 1 is 1.03 bits per heavy atom. The van der Waals surface area contributed by atoms with Crippen molar-refractivity contribution in [2.24, 2.45) is 11.1 Å². The SMILES string of the molecule is CC(=O)c1cnc2ccc(-c3cc(Cl)c(O)c(Cl)c3)cc2c1NC1CCC(NC(=O)[C@@H](N)C(C)(C)C)CC1. The van der Waals surface area contributed by atoms with E-state index in [1.807, 2.05) is 39.0 Å². The monoisotopic (exact) mass is 556 g/mol. The van der Waals surface area contributed by atoms with E-state index in [2.05, 4.69) is 15.6 Å². The van der Waals surface area contributed by atoms with Crippen LogP contribution >= 0.6 is 23.2 Å². The first-order valence-electron chi connectivity index (χ1n) is 12.8. The summed E-state index contributed by atoms with van der Waals surface area (Å²) in [6.07, 6.45) is 4.91. The van der Waals surface area contributed by atoms with E-state index in [9.17, 15) is 14.7 Å². The van der Waals surface area contributed by atoms with E-state index in [-0.39, 0.29) is 45.0 Å². The first-order chi connectivity index (χ1) is 17.8. The molecule has 1 aromatic heterocycles. The van der Waals surface area contributed by atoms with Crippen LogP contribution in [0.5, 0.6) is 5.75 Å². The van der Waals surface area contributed by atoms with E-state index in [0.717, 1.165) is 53.4 Å². The minimum absolute atomic E-state index is 0.0750. The van der Waals surface area contributed by atoms with Crippen LogP contribution in [0.15, 0.2) is 36.5 Å². The highest BCUT2D eigenvalue weighted by Crippen LogP contribution is 2.38. The Bertz CT molecular complexity index is 1360. The Morgan fingerprint density at radius 2 is 1.63 bits per heavy atom. The average molecular weight is 558 g/mol. The number of phenols is 1. The molecule has 38 heavy (non-hydrogen) atoms. The minimum Gasteiger partial charge on any atom is -0.505 e. The maximum atomic E-state index is 12.6. The molecule has 5 N–H and O–H groups in total. The van der Waals surface area contributed by atoms with Crippen LogP contribution in [0.1, 0.15) is 63.7 Å². The van der Waals surface area contributed by atoms with Crippen LogP contribution in [0.4, 0.5) is 5.69 Å². The molecule has 3 aromatic rings. The van der Waals surface area contributed by atoms with Crippen molar-refractivity contribution in [3.05, 3.63) is 52.1 Å². The lowest BCUT2D eigenvalue weighted by Crippen LogP contribution is -2.52. The lowest BCUT2D eigenvalue weighted by atomic mass is 9.85. The molecular weight excluding hydrogens is 523 g/mol. The number of nitrogens with zero attached hydrogens (tertiary/aromatic N) is 1. The quantitative estimate of drug-likeness (QED) is 0.263. The van der Waals surface area contributed by atoms with Crippen molar-refractivity contribution in [1.82, 2.24) is 10.3 Å². The second kappa shape index (κ2) is 11.1. The smallest absolute Gasteiger partial charge is 0.237 e. The van der Waals surface area contributed by atoms with Gasteiger partial charge in [-0.3, -0.25) is 14.6 Å². The highest BCUT2D eigenvalue weighted by atomic mass is 35.5. The molecule has 0 bridgehead atoms. The maximum absolute atomic E-state index is 12.6. The Balaban J connectivity index is 1.58. The fourth-order valence-corrected chi connectivity index (χ4v) is 5.28. The van der Waals surface area contributed by atoms with E-state index in [4.69, 9.17) is 28.9 Å². The normalized spacial score (nSPS) is 18.7. The number of rotatable bonds is 6. The number of carbonyl (C=O) groups is 2. The zero-order valence-electron chi connectivity index (χ0n) is 22.1. The molecule has 1 aliphatic rings. The molecule has 1 saturated carbocycles. The molecule has 1 atom stereocenters. The molecule has 202 valence electrons. The van der Waals surface area contributed by atoms with Crippen LogP contribution in [0.2, 0.25) is 10.0 Å². The molecule has 0 saturated heterocycles. The van der Waals surface area contributed by atoms with Gasteiger partial charge in [0.15, 0.2) is 11.5 Å². The number of benzene rings is 2. The summed E-state index contributed by atoms with van der Waals surface area (Å²) >= 11 is 12.3. The van der Waals surface area contributed by atoms with E-state index in [1.54, 1.807) is 18.3 Å². The number of aromatic nitrogens is 1. The molecule has 0 unspecified atom stereocenters. The van der Waals surface area contributed by atoms with Gasteiger partial charge in [0.1, 0.15) is 0 Å². The fraction of sp³-hybridized carbons (Fsp3) is 0.414. The fourth-order valence-electron chi connectivity index (χ4n) is 4.80. The molecule has 0 aliphatic heterocycles. The van der Waals surface area contributed by atoms with Gasteiger partial charge < -0.3 is 21.5 Å². The van der Waals surface area contributed by atoms with Gasteiger partial charge >= 0.3 is 0 Å². The summed E-state index contributed by atoms with van der Waals surface area (Å²) < 4.78 is 0. The molecular formula is C29H34Cl2N4O3. The van der Waals surface area contributed by atoms with Crippen molar-refractivity contribution in [3.8, 4) is 16.9 Å². The predicted octanol–water partition coefficient (Wildman–Crippen LogP) is 6.33. The number of aromatic hydroxyl groups is 1. The summed E-state index contributed by atoms with van der Waals surface area (Å²) in [4.78, 5) is 29.6.